The van der Waals surface area contributed by atoms with Crippen LogP contribution in [0.3, 0.4) is 0 Å². The van der Waals surface area contributed by atoms with Crippen LogP contribution in [0.2, 0.25) is 0 Å². The van der Waals surface area contributed by atoms with Gasteiger partial charge in [0.15, 0.2) is 0 Å². The molecule has 2 unspecified atom stereocenters. The molecule has 1 aliphatic heterocycles. The van der Waals surface area contributed by atoms with Gasteiger partial charge in [-0.15, -0.1) is 0 Å². The van der Waals surface area contributed by atoms with Crippen molar-refractivity contribution < 1.29 is 4.74 Å². The fourth-order valence-corrected chi connectivity index (χ4v) is 2.92. The highest BCUT2D eigenvalue weighted by Crippen LogP contribution is 2.42. The van der Waals surface area contributed by atoms with Crippen LogP contribution in [-0.4, -0.2) is 13.2 Å². The van der Waals surface area contributed by atoms with Gasteiger partial charge in [-0.1, -0.05) is 39.8 Å². The van der Waals surface area contributed by atoms with Gasteiger partial charge in [0.2, 0.25) is 0 Å². The standard InChI is InChI=1S/C17H27NO/c1-6-9-18-16-13(5)10-19-17-14(11(2)3)8-7-12(4)15(16)17/h7-8,11,13,16,18H,6,9-10H2,1-5H3. The molecule has 19 heavy (non-hydrogen) atoms. The van der Waals surface area contributed by atoms with Crippen LogP contribution >= 0.6 is 0 Å². The number of ether oxygens (including phenoxy) is 1. The number of hydrogen-bond donors (Lipinski definition) is 1. The van der Waals surface area contributed by atoms with E-state index in [2.05, 4.69) is 52.1 Å². The van der Waals surface area contributed by atoms with Crippen molar-refractivity contribution in [2.45, 2.75) is 53.0 Å². The van der Waals surface area contributed by atoms with Crippen molar-refractivity contribution in [2.75, 3.05) is 13.2 Å². The second-order valence-electron chi connectivity index (χ2n) is 6.09. The van der Waals surface area contributed by atoms with Crippen molar-refractivity contribution >= 4 is 0 Å². The van der Waals surface area contributed by atoms with Crippen LogP contribution in [0.15, 0.2) is 12.1 Å². The SMILES string of the molecule is CCCNC1c2c(C)ccc(C(C)C)c2OCC1C. The molecule has 1 aliphatic rings. The molecule has 2 heteroatoms. The molecule has 0 saturated carbocycles. The normalized spacial score (nSPS) is 22.2. The summed E-state index contributed by atoms with van der Waals surface area (Å²) in [6, 6.07) is 4.91. The van der Waals surface area contributed by atoms with Crippen LogP contribution in [0, 0.1) is 12.8 Å². The quantitative estimate of drug-likeness (QED) is 0.877. The molecule has 0 aromatic heterocycles. The maximum absolute atomic E-state index is 6.08. The van der Waals surface area contributed by atoms with Gasteiger partial charge < -0.3 is 10.1 Å². The molecule has 1 aromatic rings. The van der Waals surface area contributed by atoms with Crippen LogP contribution in [0.4, 0.5) is 0 Å². The van der Waals surface area contributed by atoms with E-state index in [1.807, 2.05) is 0 Å². The molecule has 2 atom stereocenters. The molecule has 106 valence electrons. The van der Waals surface area contributed by atoms with Crippen LogP contribution in [0.5, 0.6) is 5.75 Å². The Labute approximate surface area is 117 Å². The fourth-order valence-electron chi connectivity index (χ4n) is 2.92. The summed E-state index contributed by atoms with van der Waals surface area (Å²) in [5.41, 5.74) is 4.08. The second-order valence-corrected chi connectivity index (χ2v) is 6.09. The van der Waals surface area contributed by atoms with E-state index in [1.54, 1.807) is 0 Å². The van der Waals surface area contributed by atoms with Crippen LogP contribution < -0.4 is 10.1 Å². The summed E-state index contributed by atoms with van der Waals surface area (Å²) < 4.78 is 6.08. The Morgan fingerprint density at radius 2 is 2.11 bits per heavy atom. The lowest BCUT2D eigenvalue weighted by Crippen LogP contribution is -2.35. The molecule has 2 nitrogen and oxygen atoms in total. The van der Waals surface area contributed by atoms with Gasteiger partial charge >= 0.3 is 0 Å². The van der Waals surface area contributed by atoms with E-state index >= 15 is 0 Å². The van der Waals surface area contributed by atoms with Crippen molar-refractivity contribution in [3.8, 4) is 5.75 Å². The van der Waals surface area contributed by atoms with Gasteiger partial charge in [0, 0.05) is 17.5 Å². The Balaban J connectivity index is 2.45. The van der Waals surface area contributed by atoms with Crippen molar-refractivity contribution in [1.29, 1.82) is 0 Å². The second kappa shape index (κ2) is 5.96. The predicted octanol–water partition coefficient (Wildman–Crippen LogP) is 4.19. The Morgan fingerprint density at radius 3 is 2.74 bits per heavy atom. The molecule has 1 N–H and O–H groups in total. The predicted molar refractivity (Wildman–Crippen MR) is 81.0 cm³/mol. The molecule has 0 spiro atoms. The van der Waals surface area contributed by atoms with Crippen molar-refractivity contribution in [2.24, 2.45) is 5.92 Å². The molecule has 0 bridgehead atoms. The Kier molecular flexibility index (Phi) is 4.51. The van der Waals surface area contributed by atoms with E-state index in [4.69, 9.17) is 4.74 Å². The first-order valence-corrected chi connectivity index (χ1v) is 7.55. The number of hydrogen-bond acceptors (Lipinski definition) is 2. The zero-order chi connectivity index (χ0) is 14.0. The van der Waals surface area contributed by atoms with Crippen molar-refractivity contribution in [3.63, 3.8) is 0 Å². The Hall–Kier alpha value is -1.02. The van der Waals surface area contributed by atoms with E-state index < -0.39 is 0 Å². The molecule has 0 saturated heterocycles. The summed E-state index contributed by atoms with van der Waals surface area (Å²) in [6.07, 6.45) is 1.17. The molecular formula is C17H27NO. The van der Waals surface area contributed by atoms with Gasteiger partial charge in [-0.25, -0.2) is 0 Å². The van der Waals surface area contributed by atoms with Gasteiger partial charge in [0.05, 0.1) is 6.61 Å². The maximum Gasteiger partial charge on any atom is 0.127 e. The van der Waals surface area contributed by atoms with Crippen molar-refractivity contribution in [3.05, 3.63) is 28.8 Å². The van der Waals surface area contributed by atoms with E-state index in [1.165, 1.54) is 23.1 Å². The van der Waals surface area contributed by atoms with Crippen LogP contribution in [-0.2, 0) is 0 Å². The molecule has 0 aliphatic carbocycles. The highest BCUT2D eigenvalue weighted by atomic mass is 16.5. The summed E-state index contributed by atoms with van der Waals surface area (Å²) in [4.78, 5) is 0. The molecule has 2 rings (SSSR count). The average Bonchev–Trinajstić information content (AvgIpc) is 2.38. The lowest BCUT2D eigenvalue weighted by molar-refractivity contribution is 0.186. The highest BCUT2D eigenvalue weighted by Gasteiger charge is 2.30. The topological polar surface area (TPSA) is 21.3 Å². The minimum Gasteiger partial charge on any atom is -0.493 e. The maximum atomic E-state index is 6.08. The van der Waals surface area contributed by atoms with Gasteiger partial charge in [-0.05, 0) is 36.9 Å². The fraction of sp³-hybridized carbons (Fsp3) is 0.647. The number of nitrogens with one attached hydrogen (secondary N) is 1. The summed E-state index contributed by atoms with van der Waals surface area (Å²) >= 11 is 0. The lowest BCUT2D eigenvalue weighted by atomic mass is 9.85. The molecule has 0 amide bonds. The van der Waals surface area contributed by atoms with Gasteiger partial charge in [0.1, 0.15) is 5.75 Å². The first kappa shape index (κ1) is 14.4. The van der Waals surface area contributed by atoms with Gasteiger partial charge in [0.25, 0.3) is 0 Å². The third kappa shape index (κ3) is 2.79. The largest absolute Gasteiger partial charge is 0.493 e. The van der Waals surface area contributed by atoms with Gasteiger partial charge in [-0.3, -0.25) is 0 Å². The van der Waals surface area contributed by atoms with E-state index in [-0.39, 0.29) is 0 Å². The Morgan fingerprint density at radius 1 is 1.37 bits per heavy atom. The number of rotatable bonds is 4. The monoisotopic (exact) mass is 261 g/mol. The molecule has 0 fully saturated rings. The number of fused-ring (bicyclic) bond motifs is 1. The van der Waals surface area contributed by atoms with E-state index in [0.717, 1.165) is 18.9 Å². The summed E-state index contributed by atoms with van der Waals surface area (Å²) in [7, 11) is 0. The minimum atomic E-state index is 0.433. The first-order valence-electron chi connectivity index (χ1n) is 7.55. The summed E-state index contributed by atoms with van der Waals surface area (Å²) in [5, 5.41) is 3.70. The minimum absolute atomic E-state index is 0.433. The number of benzene rings is 1. The molecular weight excluding hydrogens is 234 g/mol. The molecule has 1 aromatic carbocycles. The van der Waals surface area contributed by atoms with E-state index in [0.29, 0.717) is 17.9 Å². The zero-order valence-corrected chi connectivity index (χ0v) is 12.9. The average molecular weight is 261 g/mol. The smallest absolute Gasteiger partial charge is 0.127 e. The van der Waals surface area contributed by atoms with Gasteiger partial charge in [-0.2, -0.15) is 0 Å². The first-order chi connectivity index (χ1) is 9.06. The zero-order valence-electron chi connectivity index (χ0n) is 12.9. The molecule has 0 radical (unpaired) electrons. The summed E-state index contributed by atoms with van der Waals surface area (Å²) in [5.74, 6) is 2.18. The third-order valence-electron chi connectivity index (χ3n) is 4.05. The van der Waals surface area contributed by atoms with E-state index in [9.17, 15) is 0 Å². The Bertz CT molecular complexity index is 439. The third-order valence-corrected chi connectivity index (χ3v) is 4.05. The molecule has 1 heterocycles. The van der Waals surface area contributed by atoms with Crippen molar-refractivity contribution in [1.82, 2.24) is 5.32 Å². The van der Waals surface area contributed by atoms with Crippen LogP contribution in [0.1, 0.15) is 62.8 Å². The summed E-state index contributed by atoms with van der Waals surface area (Å²) in [6.45, 7) is 13.1. The number of aryl methyl sites for hydroxylation is 1. The lowest BCUT2D eigenvalue weighted by Gasteiger charge is -2.35. The highest BCUT2D eigenvalue weighted by molar-refractivity contribution is 5.50. The van der Waals surface area contributed by atoms with Crippen LogP contribution in [0.25, 0.3) is 0 Å².